The average molecular weight is 352 g/mol. The number of aromatic nitrogens is 3. The summed E-state index contributed by atoms with van der Waals surface area (Å²) in [6, 6.07) is 12.7. The molecule has 138 valence electrons. The van der Waals surface area contributed by atoms with Crippen molar-refractivity contribution in [2.75, 3.05) is 6.54 Å². The lowest BCUT2D eigenvalue weighted by Gasteiger charge is -2.14. The van der Waals surface area contributed by atoms with E-state index in [2.05, 4.69) is 52.2 Å². The zero-order valence-electron chi connectivity index (χ0n) is 16.1. The Balaban J connectivity index is 1.49. The standard InChI is InChI=1S/C21H28N4O/c1-15(14-25-18(4)12-16(2)23-25)21(26)22-10-7-11-24-17(3)13-19-8-5-6-9-20(19)24/h5-6,8-9,12-13,15H,7,10-11,14H2,1-4H3,(H,22,26). The summed E-state index contributed by atoms with van der Waals surface area (Å²) in [5.41, 5.74) is 4.60. The van der Waals surface area contributed by atoms with Crippen molar-refractivity contribution in [3.05, 3.63) is 53.5 Å². The zero-order chi connectivity index (χ0) is 18.7. The molecule has 0 saturated heterocycles. The van der Waals surface area contributed by atoms with Crippen LogP contribution in [0.5, 0.6) is 0 Å². The van der Waals surface area contributed by atoms with E-state index in [1.54, 1.807) is 0 Å². The number of benzene rings is 1. The third-order valence-corrected chi connectivity index (χ3v) is 4.87. The van der Waals surface area contributed by atoms with Crippen molar-refractivity contribution < 1.29 is 4.79 Å². The molecule has 0 saturated carbocycles. The van der Waals surface area contributed by atoms with E-state index in [9.17, 15) is 4.79 Å². The Kier molecular flexibility index (Phi) is 5.45. The second-order valence-corrected chi connectivity index (χ2v) is 7.15. The predicted molar refractivity (Wildman–Crippen MR) is 105 cm³/mol. The largest absolute Gasteiger partial charge is 0.356 e. The average Bonchev–Trinajstić information content (AvgIpc) is 3.09. The summed E-state index contributed by atoms with van der Waals surface area (Å²) in [6.45, 7) is 10.3. The molecule has 1 aromatic carbocycles. The molecule has 0 aliphatic rings. The van der Waals surface area contributed by atoms with Gasteiger partial charge >= 0.3 is 0 Å². The highest BCUT2D eigenvalue weighted by Gasteiger charge is 2.15. The van der Waals surface area contributed by atoms with Crippen LogP contribution in [0.4, 0.5) is 0 Å². The summed E-state index contributed by atoms with van der Waals surface area (Å²) in [6.07, 6.45) is 0.915. The molecule has 0 aliphatic carbocycles. The molecule has 26 heavy (non-hydrogen) atoms. The number of carbonyl (C=O) groups excluding carboxylic acids is 1. The van der Waals surface area contributed by atoms with E-state index in [-0.39, 0.29) is 11.8 Å². The van der Waals surface area contributed by atoms with E-state index < -0.39 is 0 Å². The Morgan fingerprint density at radius 2 is 1.92 bits per heavy atom. The number of carbonyl (C=O) groups is 1. The predicted octanol–water partition coefficient (Wildman–Crippen LogP) is 3.61. The SMILES string of the molecule is Cc1cc(C)n(CC(C)C(=O)NCCCn2c(C)cc3ccccc32)n1. The maximum atomic E-state index is 12.3. The van der Waals surface area contributed by atoms with Crippen molar-refractivity contribution in [3.8, 4) is 0 Å². The Hall–Kier alpha value is -2.56. The van der Waals surface area contributed by atoms with Gasteiger partial charge in [0.15, 0.2) is 0 Å². The van der Waals surface area contributed by atoms with E-state index in [1.165, 1.54) is 16.6 Å². The molecule has 1 amide bonds. The number of hydrogen-bond donors (Lipinski definition) is 1. The number of nitrogens with zero attached hydrogens (tertiary/aromatic N) is 3. The van der Waals surface area contributed by atoms with Crippen LogP contribution in [0, 0.1) is 26.7 Å². The van der Waals surface area contributed by atoms with E-state index in [0.717, 1.165) is 24.4 Å². The van der Waals surface area contributed by atoms with E-state index in [4.69, 9.17) is 0 Å². The summed E-state index contributed by atoms with van der Waals surface area (Å²) in [5, 5.41) is 8.77. The zero-order valence-corrected chi connectivity index (χ0v) is 16.1. The molecule has 0 aliphatic heterocycles. The van der Waals surface area contributed by atoms with Crippen LogP contribution < -0.4 is 5.32 Å². The van der Waals surface area contributed by atoms with Gasteiger partial charge in [0, 0.05) is 30.0 Å². The highest BCUT2D eigenvalue weighted by atomic mass is 16.1. The van der Waals surface area contributed by atoms with Crippen molar-refractivity contribution in [3.63, 3.8) is 0 Å². The van der Waals surface area contributed by atoms with Gasteiger partial charge in [0.1, 0.15) is 0 Å². The van der Waals surface area contributed by atoms with Crippen molar-refractivity contribution in [2.24, 2.45) is 5.92 Å². The van der Waals surface area contributed by atoms with Gasteiger partial charge in [-0.1, -0.05) is 25.1 Å². The molecular formula is C21H28N4O. The van der Waals surface area contributed by atoms with Crippen LogP contribution >= 0.6 is 0 Å². The van der Waals surface area contributed by atoms with Crippen molar-refractivity contribution in [2.45, 2.75) is 47.2 Å². The Labute approximate surface area is 155 Å². The van der Waals surface area contributed by atoms with Gasteiger partial charge in [0.2, 0.25) is 5.91 Å². The minimum Gasteiger partial charge on any atom is -0.356 e. The summed E-state index contributed by atoms with van der Waals surface area (Å²) in [7, 11) is 0. The Bertz CT molecular complexity index is 906. The van der Waals surface area contributed by atoms with Gasteiger partial charge < -0.3 is 9.88 Å². The Morgan fingerprint density at radius 3 is 2.65 bits per heavy atom. The number of nitrogens with one attached hydrogen (secondary N) is 1. The molecule has 2 heterocycles. The first-order valence-electron chi connectivity index (χ1n) is 9.29. The fraction of sp³-hybridized carbons (Fsp3) is 0.429. The molecule has 3 rings (SSSR count). The van der Waals surface area contributed by atoms with E-state index in [1.807, 2.05) is 31.5 Å². The topological polar surface area (TPSA) is 51.9 Å². The molecule has 5 heteroatoms. The van der Waals surface area contributed by atoms with Crippen molar-refractivity contribution in [1.29, 1.82) is 0 Å². The normalized spacial score (nSPS) is 12.5. The highest BCUT2D eigenvalue weighted by molar-refractivity contribution is 5.81. The van der Waals surface area contributed by atoms with E-state index >= 15 is 0 Å². The molecule has 0 bridgehead atoms. The fourth-order valence-corrected chi connectivity index (χ4v) is 3.47. The molecular weight excluding hydrogens is 324 g/mol. The Morgan fingerprint density at radius 1 is 1.15 bits per heavy atom. The lowest BCUT2D eigenvalue weighted by Crippen LogP contribution is -2.33. The van der Waals surface area contributed by atoms with Gasteiger partial charge in [0.05, 0.1) is 18.2 Å². The summed E-state index contributed by atoms with van der Waals surface area (Å²) >= 11 is 0. The minimum absolute atomic E-state index is 0.0895. The maximum Gasteiger partial charge on any atom is 0.224 e. The van der Waals surface area contributed by atoms with Crippen LogP contribution in [0.3, 0.4) is 0 Å². The van der Waals surface area contributed by atoms with Crippen LogP contribution in [0.15, 0.2) is 36.4 Å². The molecule has 0 fully saturated rings. The molecule has 1 atom stereocenters. The minimum atomic E-state index is -0.0952. The smallest absolute Gasteiger partial charge is 0.224 e. The number of amides is 1. The number of hydrogen-bond acceptors (Lipinski definition) is 2. The quantitative estimate of drug-likeness (QED) is 0.661. The first-order chi connectivity index (χ1) is 12.5. The summed E-state index contributed by atoms with van der Waals surface area (Å²) in [5.74, 6) is -0.00576. The van der Waals surface area contributed by atoms with Crippen LogP contribution in [0.25, 0.3) is 10.9 Å². The lowest BCUT2D eigenvalue weighted by atomic mass is 10.1. The summed E-state index contributed by atoms with van der Waals surface area (Å²) in [4.78, 5) is 12.3. The molecule has 3 aromatic rings. The summed E-state index contributed by atoms with van der Waals surface area (Å²) < 4.78 is 4.23. The fourth-order valence-electron chi connectivity index (χ4n) is 3.47. The van der Waals surface area contributed by atoms with Gasteiger partial charge in [-0.05, 0) is 50.8 Å². The van der Waals surface area contributed by atoms with Crippen molar-refractivity contribution in [1.82, 2.24) is 19.7 Å². The van der Waals surface area contributed by atoms with Gasteiger partial charge in [-0.15, -0.1) is 0 Å². The monoisotopic (exact) mass is 352 g/mol. The maximum absolute atomic E-state index is 12.3. The molecule has 0 radical (unpaired) electrons. The molecule has 0 spiro atoms. The highest BCUT2D eigenvalue weighted by Crippen LogP contribution is 2.19. The van der Waals surface area contributed by atoms with Gasteiger partial charge in [-0.2, -0.15) is 5.10 Å². The first kappa shape index (κ1) is 18.2. The van der Waals surface area contributed by atoms with Gasteiger partial charge in [-0.25, -0.2) is 0 Å². The number of para-hydroxylation sites is 1. The van der Waals surface area contributed by atoms with Gasteiger partial charge in [0.25, 0.3) is 0 Å². The second kappa shape index (κ2) is 7.77. The number of fused-ring (bicyclic) bond motifs is 1. The molecule has 1 unspecified atom stereocenters. The third-order valence-electron chi connectivity index (χ3n) is 4.87. The lowest BCUT2D eigenvalue weighted by molar-refractivity contribution is -0.124. The molecule has 2 aromatic heterocycles. The van der Waals surface area contributed by atoms with Crippen LogP contribution in [-0.2, 0) is 17.9 Å². The second-order valence-electron chi connectivity index (χ2n) is 7.15. The van der Waals surface area contributed by atoms with Crippen molar-refractivity contribution >= 4 is 16.8 Å². The van der Waals surface area contributed by atoms with Gasteiger partial charge in [-0.3, -0.25) is 9.48 Å². The molecule has 5 nitrogen and oxygen atoms in total. The number of aryl methyl sites for hydroxylation is 4. The first-order valence-corrected chi connectivity index (χ1v) is 9.29. The van der Waals surface area contributed by atoms with Crippen LogP contribution in [-0.4, -0.2) is 26.8 Å². The molecule has 1 N–H and O–H groups in total. The third kappa shape index (κ3) is 3.98. The van der Waals surface area contributed by atoms with E-state index in [0.29, 0.717) is 13.1 Å². The number of rotatable bonds is 7. The van der Waals surface area contributed by atoms with Crippen LogP contribution in [0.1, 0.15) is 30.4 Å². The van der Waals surface area contributed by atoms with Crippen LogP contribution in [0.2, 0.25) is 0 Å².